The van der Waals surface area contributed by atoms with Gasteiger partial charge in [-0.3, -0.25) is 4.98 Å². The first kappa shape index (κ1) is 20.8. The van der Waals surface area contributed by atoms with E-state index in [0.29, 0.717) is 28.2 Å². The zero-order chi connectivity index (χ0) is 22.0. The van der Waals surface area contributed by atoms with Crippen LogP contribution in [0.4, 0.5) is 15.8 Å². The van der Waals surface area contributed by atoms with Crippen molar-refractivity contribution in [2.75, 3.05) is 25.2 Å². The van der Waals surface area contributed by atoms with Gasteiger partial charge in [-0.2, -0.15) is 0 Å². The second-order valence-corrected chi connectivity index (χ2v) is 7.29. The summed E-state index contributed by atoms with van der Waals surface area (Å²) in [6.45, 7) is -0.366. The van der Waals surface area contributed by atoms with Crippen LogP contribution >= 0.6 is 0 Å². The van der Waals surface area contributed by atoms with Gasteiger partial charge in [0.25, 0.3) is 0 Å². The van der Waals surface area contributed by atoms with Crippen molar-refractivity contribution < 1.29 is 19.3 Å². The van der Waals surface area contributed by atoms with E-state index in [0.717, 1.165) is 11.3 Å². The van der Waals surface area contributed by atoms with Gasteiger partial charge >= 0.3 is 0 Å². The lowest BCUT2D eigenvalue weighted by atomic mass is 10.1. The van der Waals surface area contributed by atoms with Gasteiger partial charge < -0.3 is 24.4 Å². The third kappa shape index (κ3) is 4.50. The predicted molar refractivity (Wildman–Crippen MR) is 117 cm³/mol. The molecule has 0 aliphatic carbocycles. The minimum atomic E-state index is -1.02. The molecule has 0 amide bonds. The molecular weight excluding hydrogens is 399 g/mol. The Bertz CT molecular complexity index is 1210. The lowest BCUT2D eigenvalue weighted by Crippen LogP contribution is -2.31. The highest BCUT2D eigenvalue weighted by Crippen LogP contribution is 2.32. The van der Waals surface area contributed by atoms with E-state index in [2.05, 4.69) is 4.98 Å². The third-order valence-electron chi connectivity index (χ3n) is 4.97. The maximum atomic E-state index is 14.2. The molecular formula is C23H23FN4O3. The minimum absolute atomic E-state index is 0.0560. The van der Waals surface area contributed by atoms with E-state index in [-0.39, 0.29) is 6.54 Å². The topological polar surface area (TPSA) is 83.6 Å². The molecule has 0 spiro atoms. The van der Waals surface area contributed by atoms with Crippen molar-refractivity contribution in [1.82, 2.24) is 14.5 Å². The summed E-state index contributed by atoms with van der Waals surface area (Å²) < 4.78 is 21.3. The largest absolute Gasteiger partial charge is 0.497 e. The number of hydrogen-bond acceptors (Lipinski definition) is 6. The molecule has 0 fully saturated rings. The lowest BCUT2D eigenvalue weighted by Gasteiger charge is -2.27. The number of aliphatic hydroxyl groups excluding tert-OH is 2. The highest BCUT2D eigenvalue weighted by atomic mass is 19.1. The fourth-order valence-electron chi connectivity index (χ4n) is 3.41. The van der Waals surface area contributed by atoms with E-state index in [4.69, 9.17) is 9.72 Å². The van der Waals surface area contributed by atoms with E-state index in [1.54, 1.807) is 17.2 Å². The molecule has 7 nitrogen and oxygen atoms in total. The number of fused-ring (bicyclic) bond motifs is 1. The van der Waals surface area contributed by atoms with Crippen molar-refractivity contribution >= 4 is 22.4 Å². The second kappa shape index (κ2) is 8.71. The van der Waals surface area contributed by atoms with E-state index in [1.807, 2.05) is 48.3 Å². The molecule has 0 bridgehead atoms. The average Bonchev–Trinajstić information content (AvgIpc) is 3.22. The first-order valence-electron chi connectivity index (χ1n) is 9.77. The normalized spacial score (nSPS) is 12.2. The van der Waals surface area contributed by atoms with Gasteiger partial charge in [0.05, 0.1) is 49.3 Å². The number of nitrogens with zero attached hydrogens (tertiary/aromatic N) is 4. The Kier molecular flexibility index (Phi) is 5.83. The molecule has 0 unspecified atom stereocenters. The number of rotatable bonds is 7. The Labute approximate surface area is 179 Å². The number of ether oxygens (including phenoxy) is 1. The smallest absolute Gasteiger partial charge is 0.128 e. The third-order valence-corrected chi connectivity index (χ3v) is 4.97. The lowest BCUT2D eigenvalue weighted by molar-refractivity contribution is 0.102. The van der Waals surface area contributed by atoms with Crippen LogP contribution in [0.2, 0.25) is 0 Å². The summed E-state index contributed by atoms with van der Waals surface area (Å²) in [6.07, 6.45) is 4.60. The Morgan fingerprint density at radius 1 is 1.13 bits per heavy atom. The van der Waals surface area contributed by atoms with Crippen LogP contribution in [0.1, 0.15) is 0 Å². The number of halogens is 1. The Balaban J connectivity index is 1.80. The predicted octanol–water partition coefficient (Wildman–Crippen LogP) is 3.27. The highest BCUT2D eigenvalue weighted by Gasteiger charge is 2.17. The molecule has 0 radical (unpaired) electrons. The van der Waals surface area contributed by atoms with Crippen molar-refractivity contribution in [3.63, 3.8) is 0 Å². The van der Waals surface area contributed by atoms with E-state index in [1.165, 1.54) is 19.2 Å². The maximum Gasteiger partial charge on any atom is 0.128 e. The van der Waals surface area contributed by atoms with Crippen LogP contribution in [0.3, 0.4) is 0 Å². The number of methoxy groups -OCH3 is 1. The Morgan fingerprint density at radius 2 is 1.97 bits per heavy atom. The van der Waals surface area contributed by atoms with Crippen LogP contribution in [-0.4, -0.2) is 51.1 Å². The summed E-state index contributed by atoms with van der Waals surface area (Å²) >= 11 is 0. The molecule has 0 aliphatic rings. The molecule has 0 saturated carbocycles. The molecule has 2 aromatic carbocycles. The molecule has 8 heteroatoms. The average molecular weight is 422 g/mol. The highest BCUT2D eigenvalue weighted by molar-refractivity contribution is 5.82. The van der Waals surface area contributed by atoms with Gasteiger partial charge in [0.1, 0.15) is 11.6 Å². The number of hydrogen-bond donors (Lipinski definition) is 2. The van der Waals surface area contributed by atoms with Crippen LogP contribution < -0.4 is 9.64 Å². The van der Waals surface area contributed by atoms with Crippen molar-refractivity contribution in [2.24, 2.45) is 7.05 Å². The van der Waals surface area contributed by atoms with Crippen LogP contribution in [0.15, 0.2) is 61.1 Å². The van der Waals surface area contributed by atoms with Gasteiger partial charge in [-0.05, 0) is 30.3 Å². The Morgan fingerprint density at radius 3 is 2.68 bits per heavy atom. The second-order valence-electron chi connectivity index (χ2n) is 7.29. The zero-order valence-electron chi connectivity index (χ0n) is 17.2. The number of aliphatic hydroxyl groups is 2. The molecule has 2 heterocycles. The Hall–Kier alpha value is -3.49. The van der Waals surface area contributed by atoms with Gasteiger partial charge in [0, 0.05) is 48.5 Å². The van der Waals surface area contributed by atoms with Crippen molar-refractivity contribution in [2.45, 2.75) is 6.10 Å². The van der Waals surface area contributed by atoms with Crippen LogP contribution in [0, 0.1) is 5.82 Å². The molecule has 4 aromatic rings. The quantitative estimate of drug-likeness (QED) is 0.476. The fraction of sp³-hybridized carbons (Fsp3) is 0.217. The van der Waals surface area contributed by atoms with Gasteiger partial charge in [0.2, 0.25) is 0 Å². The monoisotopic (exact) mass is 422 g/mol. The number of aryl methyl sites for hydroxylation is 1. The van der Waals surface area contributed by atoms with Crippen molar-refractivity contribution in [3.8, 4) is 17.0 Å². The summed E-state index contributed by atoms with van der Waals surface area (Å²) in [6, 6.07) is 11.7. The minimum Gasteiger partial charge on any atom is -0.497 e. The molecule has 0 saturated heterocycles. The van der Waals surface area contributed by atoms with E-state index >= 15 is 0 Å². The van der Waals surface area contributed by atoms with Gasteiger partial charge in [-0.1, -0.05) is 0 Å². The summed E-state index contributed by atoms with van der Waals surface area (Å²) in [7, 11) is 3.40. The van der Waals surface area contributed by atoms with Gasteiger partial charge in [-0.25, -0.2) is 9.37 Å². The summed E-state index contributed by atoms with van der Waals surface area (Å²) in [4.78, 5) is 10.9. The van der Waals surface area contributed by atoms with Crippen LogP contribution in [0.25, 0.3) is 22.3 Å². The van der Waals surface area contributed by atoms with Crippen molar-refractivity contribution in [3.05, 3.63) is 66.9 Å². The molecule has 2 N–H and O–H groups in total. The molecule has 160 valence electrons. The molecule has 4 rings (SSSR count). The van der Waals surface area contributed by atoms with Crippen LogP contribution in [-0.2, 0) is 7.05 Å². The van der Waals surface area contributed by atoms with Gasteiger partial charge in [-0.15, -0.1) is 0 Å². The molecule has 1 atom stereocenters. The standard InChI is InChI=1S/C23H23FN4O3/c1-27-6-5-15(12-27)23-11-25-21-4-3-17(10-22(21)26-23)28(13-19(30)14-29)18-7-16(24)8-20(9-18)31-2/h3-12,19,29-30H,13-14H2,1-2H3/t19-/m0/s1. The summed E-state index contributed by atoms with van der Waals surface area (Å²) in [5, 5.41) is 19.5. The first-order chi connectivity index (χ1) is 15.0. The molecule has 31 heavy (non-hydrogen) atoms. The number of benzene rings is 2. The van der Waals surface area contributed by atoms with E-state index in [9.17, 15) is 14.6 Å². The zero-order valence-corrected chi connectivity index (χ0v) is 17.2. The fourth-order valence-corrected chi connectivity index (χ4v) is 3.41. The number of aromatic nitrogens is 3. The van der Waals surface area contributed by atoms with Crippen LogP contribution in [0.5, 0.6) is 5.75 Å². The first-order valence-corrected chi connectivity index (χ1v) is 9.77. The summed E-state index contributed by atoms with van der Waals surface area (Å²) in [5.41, 5.74) is 4.21. The van der Waals surface area contributed by atoms with Crippen molar-refractivity contribution in [1.29, 1.82) is 0 Å². The molecule has 0 aliphatic heterocycles. The maximum absolute atomic E-state index is 14.2. The van der Waals surface area contributed by atoms with E-state index < -0.39 is 18.5 Å². The SMILES string of the molecule is COc1cc(F)cc(N(C[C@H](O)CO)c2ccc3ncc(-c4ccn(C)c4)nc3c2)c1. The summed E-state index contributed by atoms with van der Waals surface area (Å²) in [5.74, 6) is -0.116. The number of anilines is 2. The van der Waals surface area contributed by atoms with Gasteiger partial charge in [0.15, 0.2) is 0 Å². The molecule has 2 aromatic heterocycles.